The summed E-state index contributed by atoms with van der Waals surface area (Å²) in [6.07, 6.45) is 3.28. The number of aromatic amines is 1. The molecule has 0 aliphatic heterocycles. The summed E-state index contributed by atoms with van der Waals surface area (Å²) in [5.41, 5.74) is 1.51. The average Bonchev–Trinajstić information content (AvgIpc) is 2.93. The molecule has 0 amide bonds. The van der Waals surface area contributed by atoms with Gasteiger partial charge in [0.2, 0.25) is 0 Å². The molecule has 0 spiro atoms. The average molecular weight is 255 g/mol. The third kappa shape index (κ3) is 2.60. The summed E-state index contributed by atoms with van der Waals surface area (Å²) >= 11 is 0. The van der Waals surface area contributed by atoms with Crippen LogP contribution in [0.5, 0.6) is 11.5 Å². The fourth-order valence-electron chi connectivity index (χ4n) is 1.69. The van der Waals surface area contributed by atoms with Crippen molar-refractivity contribution in [3.63, 3.8) is 0 Å². The lowest BCUT2D eigenvalue weighted by atomic mass is 10.2. The Balaban J connectivity index is 1.88. The lowest BCUT2D eigenvalue weighted by molar-refractivity contribution is 0.476. The van der Waals surface area contributed by atoms with Crippen LogP contribution >= 0.6 is 0 Å². The van der Waals surface area contributed by atoms with E-state index in [1.807, 2.05) is 6.07 Å². The molecule has 2 heterocycles. The van der Waals surface area contributed by atoms with E-state index in [9.17, 15) is 4.39 Å². The standard InChI is InChI=1S/C14H10FN3O/c15-10-2-1-3-11(8-10)19-12-4-6-16-14(9-12)13-5-7-17-18-13/h1-9H,(H,17,18). The molecule has 19 heavy (non-hydrogen) atoms. The number of rotatable bonds is 3. The van der Waals surface area contributed by atoms with E-state index >= 15 is 0 Å². The monoisotopic (exact) mass is 255 g/mol. The van der Waals surface area contributed by atoms with Gasteiger partial charge >= 0.3 is 0 Å². The fourth-order valence-corrected chi connectivity index (χ4v) is 1.69. The molecule has 94 valence electrons. The molecule has 0 saturated heterocycles. The highest BCUT2D eigenvalue weighted by Gasteiger charge is 2.04. The molecule has 3 aromatic rings. The molecule has 0 aliphatic rings. The van der Waals surface area contributed by atoms with Gasteiger partial charge < -0.3 is 4.74 Å². The second-order valence-electron chi connectivity index (χ2n) is 3.91. The van der Waals surface area contributed by atoms with Crippen molar-refractivity contribution in [3.8, 4) is 22.9 Å². The zero-order valence-electron chi connectivity index (χ0n) is 9.88. The summed E-state index contributed by atoms with van der Waals surface area (Å²) in [4.78, 5) is 4.22. The van der Waals surface area contributed by atoms with Gasteiger partial charge in [0, 0.05) is 24.5 Å². The van der Waals surface area contributed by atoms with Gasteiger partial charge in [-0.1, -0.05) is 6.07 Å². The normalized spacial score (nSPS) is 10.4. The SMILES string of the molecule is Fc1cccc(Oc2ccnc(-c3ccn[nH]3)c2)c1. The first-order chi connectivity index (χ1) is 9.31. The van der Waals surface area contributed by atoms with E-state index in [2.05, 4.69) is 15.2 Å². The van der Waals surface area contributed by atoms with Gasteiger partial charge in [-0.05, 0) is 24.3 Å². The molecule has 0 bridgehead atoms. The Morgan fingerprint density at radius 1 is 1.00 bits per heavy atom. The van der Waals surface area contributed by atoms with Crippen LogP contribution in [0.4, 0.5) is 4.39 Å². The molecule has 1 aromatic carbocycles. The van der Waals surface area contributed by atoms with Crippen LogP contribution in [0.25, 0.3) is 11.4 Å². The number of hydrogen-bond donors (Lipinski definition) is 1. The maximum absolute atomic E-state index is 13.1. The quantitative estimate of drug-likeness (QED) is 0.780. The first kappa shape index (κ1) is 11.4. The van der Waals surface area contributed by atoms with Crippen LogP contribution in [0.15, 0.2) is 54.9 Å². The van der Waals surface area contributed by atoms with Crippen LogP contribution in [0.1, 0.15) is 0 Å². The molecular weight excluding hydrogens is 245 g/mol. The van der Waals surface area contributed by atoms with E-state index in [0.717, 1.165) is 5.69 Å². The van der Waals surface area contributed by atoms with Crippen molar-refractivity contribution in [1.29, 1.82) is 0 Å². The van der Waals surface area contributed by atoms with Crippen LogP contribution in [-0.4, -0.2) is 15.2 Å². The van der Waals surface area contributed by atoms with Crippen molar-refractivity contribution in [2.75, 3.05) is 0 Å². The highest BCUT2D eigenvalue weighted by Crippen LogP contribution is 2.24. The molecule has 0 unspecified atom stereocenters. The van der Waals surface area contributed by atoms with Gasteiger partial charge in [0.15, 0.2) is 0 Å². The molecule has 0 radical (unpaired) electrons. The highest BCUT2D eigenvalue weighted by molar-refractivity contribution is 5.55. The van der Waals surface area contributed by atoms with Gasteiger partial charge in [-0.25, -0.2) is 4.39 Å². The van der Waals surface area contributed by atoms with Crippen molar-refractivity contribution >= 4 is 0 Å². The van der Waals surface area contributed by atoms with Gasteiger partial charge in [-0.2, -0.15) is 5.10 Å². The Morgan fingerprint density at radius 3 is 2.68 bits per heavy atom. The second kappa shape index (κ2) is 4.89. The zero-order chi connectivity index (χ0) is 13.1. The number of hydrogen-bond acceptors (Lipinski definition) is 3. The van der Waals surface area contributed by atoms with Crippen molar-refractivity contribution in [1.82, 2.24) is 15.2 Å². The van der Waals surface area contributed by atoms with E-state index < -0.39 is 0 Å². The minimum Gasteiger partial charge on any atom is -0.457 e. The van der Waals surface area contributed by atoms with Crippen molar-refractivity contribution < 1.29 is 9.13 Å². The van der Waals surface area contributed by atoms with Crippen molar-refractivity contribution in [2.24, 2.45) is 0 Å². The van der Waals surface area contributed by atoms with E-state index in [-0.39, 0.29) is 5.82 Å². The highest BCUT2D eigenvalue weighted by atomic mass is 19.1. The number of benzene rings is 1. The molecule has 0 aliphatic carbocycles. The zero-order valence-corrected chi connectivity index (χ0v) is 9.88. The van der Waals surface area contributed by atoms with Gasteiger partial charge in [0.25, 0.3) is 0 Å². The maximum Gasteiger partial charge on any atom is 0.131 e. The van der Waals surface area contributed by atoms with Crippen LogP contribution < -0.4 is 4.74 Å². The molecule has 4 nitrogen and oxygen atoms in total. The van der Waals surface area contributed by atoms with Crippen molar-refractivity contribution in [2.45, 2.75) is 0 Å². The maximum atomic E-state index is 13.1. The lowest BCUT2D eigenvalue weighted by Gasteiger charge is -2.06. The smallest absolute Gasteiger partial charge is 0.131 e. The molecule has 1 N–H and O–H groups in total. The molecule has 0 saturated carbocycles. The molecule has 0 atom stereocenters. The van der Waals surface area contributed by atoms with E-state index in [4.69, 9.17) is 4.74 Å². The number of halogens is 1. The molecule has 5 heteroatoms. The Hall–Kier alpha value is -2.69. The molecule has 3 rings (SSSR count). The number of ether oxygens (including phenoxy) is 1. The van der Waals surface area contributed by atoms with E-state index in [0.29, 0.717) is 17.2 Å². The van der Waals surface area contributed by atoms with E-state index in [1.54, 1.807) is 36.7 Å². The molecular formula is C14H10FN3O. The summed E-state index contributed by atoms with van der Waals surface area (Å²) in [7, 11) is 0. The minimum atomic E-state index is -0.333. The topological polar surface area (TPSA) is 50.8 Å². The number of nitrogens with one attached hydrogen (secondary N) is 1. The summed E-state index contributed by atoms with van der Waals surface area (Å²) in [5.74, 6) is 0.701. The second-order valence-corrected chi connectivity index (χ2v) is 3.91. The number of pyridine rings is 1. The Bertz CT molecular complexity index is 683. The van der Waals surface area contributed by atoms with Gasteiger partial charge in [0.05, 0.1) is 11.4 Å². The number of nitrogens with zero attached hydrogens (tertiary/aromatic N) is 2. The van der Waals surface area contributed by atoms with Gasteiger partial charge in [-0.3, -0.25) is 10.1 Å². The van der Waals surface area contributed by atoms with Crippen LogP contribution in [0.2, 0.25) is 0 Å². The first-order valence-corrected chi connectivity index (χ1v) is 5.70. The summed E-state index contributed by atoms with van der Waals surface area (Å²) in [6, 6.07) is 11.3. The van der Waals surface area contributed by atoms with Gasteiger partial charge in [-0.15, -0.1) is 0 Å². The number of aromatic nitrogens is 3. The fraction of sp³-hybridized carbons (Fsp3) is 0. The third-order valence-electron chi connectivity index (χ3n) is 2.54. The largest absolute Gasteiger partial charge is 0.457 e. The first-order valence-electron chi connectivity index (χ1n) is 5.70. The van der Waals surface area contributed by atoms with Crippen LogP contribution in [0.3, 0.4) is 0 Å². The van der Waals surface area contributed by atoms with Crippen molar-refractivity contribution in [3.05, 3.63) is 60.7 Å². The minimum absolute atomic E-state index is 0.333. The van der Waals surface area contributed by atoms with Crippen LogP contribution in [-0.2, 0) is 0 Å². The third-order valence-corrected chi connectivity index (χ3v) is 2.54. The van der Waals surface area contributed by atoms with Gasteiger partial charge in [0.1, 0.15) is 17.3 Å². The van der Waals surface area contributed by atoms with Crippen LogP contribution in [0, 0.1) is 5.82 Å². The molecule has 0 fully saturated rings. The lowest BCUT2D eigenvalue weighted by Crippen LogP contribution is -1.88. The summed E-state index contributed by atoms with van der Waals surface area (Å²) < 4.78 is 18.7. The summed E-state index contributed by atoms with van der Waals surface area (Å²) in [6.45, 7) is 0. The predicted octanol–water partition coefficient (Wildman–Crippen LogP) is 3.40. The Labute approximate surface area is 108 Å². The Morgan fingerprint density at radius 2 is 1.89 bits per heavy atom. The van der Waals surface area contributed by atoms with E-state index in [1.165, 1.54) is 12.1 Å². The molecule has 2 aromatic heterocycles. The summed E-state index contributed by atoms with van der Waals surface area (Å²) in [5, 5.41) is 6.69. The Kier molecular flexibility index (Phi) is 2.94. The predicted molar refractivity (Wildman–Crippen MR) is 68.3 cm³/mol. The number of H-pyrrole nitrogens is 1.